The normalized spacial score (nSPS) is 10.0. The van der Waals surface area contributed by atoms with Gasteiger partial charge >= 0.3 is 0 Å². The predicted octanol–water partition coefficient (Wildman–Crippen LogP) is 3.09. The van der Waals surface area contributed by atoms with Gasteiger partial charge in [-0.2, -0.15) is 0 Å². The van der Waals surface area contributed by atoms with Gasteiger partial charge in [0.2, 0.25) is 0 Å². The van der Waals surface area contributed by atoms with E-state index in [-0.39, 0.29) is 5.96 Å². The molecule has 1 aromatic rings. The molecule has 76 valence electrons. The highest BCUT2D eigenvalue weighted by atomic mass is 79.9. The van der Waals surface area contributed by atoms with Crippen LogP contribution >= 0.6 is 39.1 Å². The number of hydrogen-bond acceptors (Lipinski definition) is 1. The van der Waals surface area contributed by atoms with Crippen molar-refractivity contribution in [3.05, 3.63) is 26.7 Å². The van der Waals surface area contributed by atoms with Gasteiger partial charge in [0.05, 0.1) is 15.7 Å². The fourth-order valence-corrected chi connectivity index (χ4v) is 2.44. The Bertz CT molecular complexity index is 358. The lowest BCUT2D eigenvalue weighted by atomic mass is 10.3. The zero-order valence-electron chi connectivity index (χ0n) is 7.31. The number of anilines is 1. The van der Waals surface area contributed by atoms with Crippen LogP contribution in [0.1, 0.15) is 0 Å². The number of hydrogen-bond donors (Lipinski definition) is 2. The minimum Gasteiger partial charge on any atom is -0.370 e. The summed E-state index contributed by atoms with van der Waals surface area (Å²) in [4.78, 5) is 1.41. The Labute approximate surface area is 100 Å². The van der Waals surface area contributed by atoms with E-state index in [0.29, 0.717) is 15.7 Å². The molecule has 0 spiro atoms. The third kappa shape index (κ3) is 2.32. The standard InChI is InChI=1S/C8H8BrCl2N3/c1-14(8(12)13)7-5(10)2-4(9)3-6(7)11/h2-3H,1H3,(H3,12,13). The highest BCUT2D eigenvalue weighted by molar-refractivity contribution is 9.10. The van der Waals surface area contributed by atoms with Gasteiger partial charge in [-0.3, -0.25) is 5.41 Å². The summed E-state index contributed by atoms with van der Waals surface area (Å²) >= 11 is 15.2. The molecule has 0 radical (unpaired) electrons. The van der Waals surface area contributed by atoms with Crippen molar-refractivity contribution in [2.24, 2.45) is 5.73 Å². The maximum atomic E-state index is 7.26. The van der Waals surface area contributed by atoms with Crippen molar-refractivity contribution in [2.45, 2.75) is 0 Å². The van der Waals surface area contributed by atoms with Crippen LogP contribution in [0, 0.1) is 5.41 Å². The molecular formula is C8H8BrCl2N3. The Morgan fingerprint density at radius 2 is 1.86 bits per heavy atom. The van der Waals surface area contributed by atoms with Crippen molar-refractivity contribution < 1.29 is 0 Å². The van der Waals surface area contributed by atoms with E-state index in [1.165, 1.54) is 4.90 Å². The highest BCUT2D eigenvalue weighted by Crippen LogP contribution is 2.35. The largest absolute Gasteiger partial charge is 0.370 e. The van der Waals surface area contributed by atoms with Gasteiger partial charge in [0.25, 0.3) is 0 Å². The summed E-state index contributed by atoms with van der Waals surface area (Å²) in [5, 5.41) is 8.15. The second-order valence-corrected chi connectivity index (χ2v) is 4.39. The molecule has 0 aliphatic carbocycles. The topological polar surface area (TPSA) is 53.1 Å². The highest BCUT2D eigenvalue weighted by Gasteiger charge is 2.13. The van der Waals surface area contributed by atoms with Gasteiger partial charge in [-0.05, 0) is 12.1 Å². The molecule has 0 saturated heterocycles. The lowest BCUT2D eigenvalue weighted by Crippen LogP contribution is -2.33. The van der Waals surface area contributed by atoms with Gasteiger partial charge in [0, 0.05) is 11.5 Å². The fraction of sp³-hybridized carbons (Fsp3) is 0.125. The van der Waals surface area contributed by atoms with Crippen LogP contribution in [-0.4, -0.2) is 13.0 Å². The monoisotopic (exact) mass is 295 g/mol. The van der Waals surface area contributed by atoms with Crippen LogP contribution in [0.4, 0.5) is 5.69 Å². The number of nitrogens with one attached hydrogen (secondary N) is 1. The molecule has 0 amide bonds. The van der Waals surface area contributed by atoms with E-state index in [4.69, 9.17) is 34.3 Å². The van der Waals surface area contributed by atoms with E-state index in [0.717, 1.165) is 4.47 Å². The van der Waals surface area contributed by atoms with Crippen LogP contribution < -0.4 is 10.6 Å². The number of rotatable bonds is 1. The predicted molar refractivity (Wildman–Crippen MR) is 64.5 cm³/mol. The van der Waals surface area contributed by atoms with Crippen molar-refractivity contribution in [1.29, 1.82) is 5.41 Å². The van der Waals surface area contributed by atoms with Crippen molar-refractivity contribution in [3.8, 4) is 0 Å². The zero-order chi connectivity index (χ0) is 10.9. The van der Waals surface area contributed by atoms with Gasteiger partial charge < -0.3 is 10.6 Å². The molecule has 0 bridgehead atoms. The Hall–Kier alpha value is -0.450. The van der Waals surface area contributed by atoms with Crippen LogP contribution in [-0.2, 0) is 0 Å². The first-order valence-corrected chi connectivity index (χ1v) is 5.20. The molecule has 0 atom stereocenters. The van der Waals surface area contributed by atoms with Crippen molar-refractivity contribution in [1.82, 2.24) is 0 Å². The van der Waals surface area contributed by atoms with Crippen LogP contribution in [0.5, 0.6) is 0 Å². The summed E-state index contributed by atoms with van der Waals surface area (Å²) < 4.78 is 0.785. The van der Waals surface area contributed by atoms with E-state index in [9.17, 15) is 0 Å². The summed E-state index contributed by atoms with van der Waals surface area (Å²) in [5.74, 6) is -0.115. The van der Waals surface area contributed by atoms with Crippen molar-refractivity contribution in [3.63, 3.8) is 0 Å². The molecule has 1 rings (SSSR count). The van der Waals surface area contributed by atoms with Crippen LogP contribution in [0.2, 0.25) is 10.0 Å². The molecule has 0 aromatic heterocycles. The Morgan fingerprint density at radius 3 is 2.21 bits per heavy atom. The van der Waals surface area contributed by atoms with Gasteiger partial charge in [0.1, 0.15) is 0 Å². The molecule has 0 heterocycles. The van der Waals surface area contributed by atoms with Gasteiger partial charge in [-0.15, -0.1) is 0 Å². The second-order valence-electron chi connectivity index (χ2n) is 2.66. The van der Waals surface area contributed by atoms with E-state index in [2.05, 4.69) is 15.9 Å². The van der Waals surface area contributed by atoms with Crippen molar-refractivity contribution >= 4 is 50.8 Å². The van der Waals surface area contributed by atoms with Gasteiger partial charge in [-0.1, -0.05) is 39.1 Å². The molecule has 14 heavy (non-hydrogen) atoms. The quantitative estimate of drug-likeness (QED) is 0.618. The van der Waals surface area contributed by atoms with E-state index < -0.39 is 0 Å². The Balaban J connectivity index is 3.27. The minimum absolute atomic E-state index is 0.115. The maximum Gasteiger partial charge on any atom is 0.192 e. The van der Waals surface area contributed by atoms with Crippen molar-refractivity contribution in [2.75, 3.05) is 11.9 Å². The van der Waals surface area contributed by atoms with Gasteiger partial charge in [0.15, 0.2) is 5.96 Å². The van der Waals surface area contributed by atoms with E-state index in [1.54, 1.807) is 19.2 Å². The van der Waals surface area contributed by atoms with E-state index in [1.807, 2.05) is 0 Å². The van der Waals surface area contributed by atoms with Crippen LogP contribution in [0.25, 0.3) is 0 Å². The zero-order valence-corrected chi connectivity index (χ0v) is 10.4. The van der Waals surface area contributed by atoms with Crippen LogP contribution in [0.15, 0.2) is 16.6 Å². The molecule has 3 N–H and O–H groups in total. The summed E-state index contributed by atoms with van der Waals surface area (Å²) in [5.41, 5.74) is 5.86. The first kappa shape index (κ1) is 11.6. The smallest absolute Gasteiger partial charge is 0.192 e. The lowest BCUT2D eigenvalue weighted by molar-refractivity contribution is 1.20. The van der Waals surface area contributed by atoms with Gasteiger partial charge in [-0.25, -0.2) is 0 Å². The number of guanidine groups is 1. The maximum absolute atomic E-state index is 7.26. The molecular weight excluding hydrogens is 289 g/mol. The minimum atomic E-state index is -0.115. The first-order chi connectivity index (χ1) is 6.43. The Kier molecular flexibility index (Phi) is 3.64. The first-order valence-electron chi connectivity index (χ1n) is 3.65. The summed E-state index contributed by atoms with van der Waals surface area (Å²) in [7, 11) is 1.63. The number of benzene rings is 1. The van der Waals surface area contributed by atoms with Crippen LogP contribution in [0.3, 0.4) is 0 Å². The molecule has 3 nitrogen and oxygen atoms in total. The summed E-state index contributed by atoms with van der Waals surface area (Å²) in [6, 6.07) is 3.39. The molecule has 0 aliphatic rings. The molecule has 0 saturated carbocycles. The average Bonchev–Trinajstić information content (AvgIpc) is 2.01. The molecule has 6 heteroatoms. The number of nitrogens with two attached hydrogens (primary N) is 1. The van der Waals surface area contributed by atoms with E-state index >= 15 is 0 Å². The second kappa shape index (κ2) is 4.38. The third-order valence-electron chi connectivity index (χ3n) is 1.68. The Morgan fingerprint density at radius 1 is 1.43 bits per heavy atom. The third-order valence-corrected chi connectivity index (χ3v) is 2.71. The molecule has 1 aromatic carbocycles. The molecule has 0 aliphatic heterocycles. The fourth-order valence-electron chi connectivity index (χ4n) is 0.975. The molecule has 0 fully saturated rings. The average molecular weight is 297 g/mol. The molecule has 0 unspecified atom stereocenters. The lowest BCUT2D eigenvalue weighted by Gasteiger charge is -2.19. The summed E-state index contributed by atoms with van der Waals surface area (Å²) in [6.45, 7) is 0. The number of halogens is 3. The summed E-state index contributed by atoms with van der Waals surface area (Å²) in [6.07, 6.45) is 0. The SMILES string of the molecule is CN(C(=N)N)c1c(Cl)cc(Br)cc1Cl. The number of nitrogens with zero attached hydrogens (tertiary/aromatic N) is 1.